The fraction of sp³-hybridized carbons (Fsp3) is 0.571. The van der Waals surface area contributed by atoms with Gasteiger partial charge >= 0.3 is 0 Å². The lowest BCUT2D eigenvalue weighted by atomic mass is 10.1. The van der Waals surface area contributed by atoms with E-state index in [1.165, 1.54) is 0 Å². The number of rotatable bonds is 5. The van der Waals surface area contributed by atoms with Gasteiger partial charge in [0.1, 0.15) is 5.75 Å². The van der Waals surface area contributed by atoms with Crippen molar-refractivity contribution in [3.63, 3.8) is 0 Å². The molecule has 0 fully saturated rings. The summed E-state index contributed by atoms with van der Waals surface area (Å²) in [4.78, 5) is 0. The standard InChI is InChI=1S/C14H21NO3S/c1-3-4-7-19(16,17)13-8-10-5-6-11(18-2)9-12(10)14(13)15/h5-6,9,13-14H,3-4,7-8,15H2,1-2H3. The number of ether oxygens (including phenoxy) is 1. The van der Waals surface area contributed by atoms with Crippen LogP contribution in [0.2, 0.25) is 0 Å². The van der Waals surface area contributed by atoms with Crippen LogP contribution in [0.5, 0.6) is 5.75 Å². The van der Waals surface area contributed by atoms with Crippen LogP contribution in [-0.4, -0.2) is 26.5 Å². The summed E-state index contributed by atoms with van der Waals surface area (Å²) < 4.78 is 29.8. The molecule has 0 heterocycles. The van der Waals surface area contributed by atoms with E-state index < -0.39 is 21.1 Å². The van der Waals surface area contributed by atoms with E-state index in [2.05, 4.69) is 0 Å². The number of methoxy groups -OCH3 is 1. The third kappa shape index (κ3) is 2.77. The number of benzene rings is 1. The van der Waals surface area contributed by atoms with Crippen LogP contribution >= 0.6 is 0 Å². The van der Waals surface area contributed by atoms with E-state index in [0.29, 0.717) is 12.8 Å². The van der Waals surface area contributed by atoms with E-state index in [4.69, 9.17) is 10.5 Å². The molecule has 1 aromatic carbocycles. The molecule has 0 amide bonds. The SMILES string of the molecule is CCCCS(=O)(=O)C1Cc2ccc(OC)cc2C1N. The van der Waals surface area contributed by atoms with Gasteiger partial charge in [0.2, 0.25) is 0 Å². The molecule has 19 heavy (non-hydrogen) atoms. The molecular formula is C14H21NO3S. The molecule has 4 nitrogen and oxygen atoms in total. The first-order chi connectivity index (χ1) is 8.99. The number of hydrogen-bond acceptors (Lipinski definition) is 4. The van der Waals surface area contributed by atoms with Gasteiger partial charge in [-0.15, -0.1) is 0 Å². The van der Waals surface area contributed by atoms with Gasteiger partial charge in [-0.3, -0.25) is 0 Å². The smallest absolute Gasteiger partial charge is 0.155 e. The Kier molecular flexibility index (Phi) is 4.16. The van der Waals surface area contributed by atoms with Gasteiger partial charge in [0, 0.05) is 6.04 Å². The van der Waals surface area contributed by atoms with Crippen molar-refractivity contribution in [1.29, 1.82) is 0 Å². The van der Waals surface area contributed by atoms with Gasteiger partial charge in [0.05, 0.1) is 18.1 Å². The maximum absolute atomic E-state index is 12.3. The summed E-state index contributed by atoms with van der Waals surface area (Å²) in [5.41, 5.74) is 8.07. The molecule has 2 rings (SSSR count). The zero-order chi connectivity index (χ0) is 14.0. The maximum Gasteiger partial charge on any atom is 0.155 e. The highest BCUT2D eigenvalue weighted by Crippen LogP contribution is 2.36. The van der Waals surface area contributed by atoms with Gasteiger partial charge in [-0.2, -0.15) is 0 Å². The highest BCUT2D eigenvalue weighted by Gasteiger charge is 2.38. The second-order valence-electron chi connectivity index (χ2n) is 5.05. The highest BCUT2D eigenvalue weighted by molar-refractivity contribution is 7.92. The summed E-state index contributed by atoms with van der Waals surface area (Å²) in [5, 5.41) is -0.485. The summed E-state index contributed by atoms with van der Waals surface area (Å²) in [6, 6.07) is 5.19. The third-order valence-electron chi connectivity index (χ3n) is 3.78. The minimum absolute atomic E-state index is 0.229. The first-order valence-corrected chi connectivity index (χ1v) is 8.35. The van der Waals surface area contributed by atoms with Crippen LogP contribution in [0.15, 0.2) is 18.2 Å². The molecule has 1 aromatic rings. The molecule has 0 radical (unpaired) electrons. The molecule has 1 aliphatic rings. The summed E-state index contributed by atoms with van der Waals surface area (Å²) >= 11 is 0. The fourth-order valence-corrected chi connectivity index (χ4v) is 4.61. The second-order valence-corrected chi connectivity index (χ2v) is 7.39. The van der Waals surface area contributed by atoms with Crippen LogP contribution in [0.25, 0.3) is 0 Å². The minimum Gasteiger partial charge on any atom is -0.497 e. The Bertz CT molecular complexity index is 554. The van der Waals surface area contributed by atoms with Crippen LogP contribution in [0.4, 0.5) is 0 Å². The zero-order valence-electron chi connectivity index (χ0n) is 11.4. The van der Waals surface area contributed by atoms with Crippen molar-refractivity contribution in [2.75, 3.05) is 12.9 Å². The highest BCUT2D eigenvalue weighted by atomic mass is 32.2. The number of sulfone groups is 1. The average Bonchev–Trinajstić information content (AvgIpc) is 2.74. The minimum atomic E-state index is -3.12. The summed E-state index contributed by atoms with van der Waals surface area (Å²) in [6.07, 6.45) is 2.10. The number of fused-ring (bicyclic) bond motifs is 1. The van der Waals surface area contributed by atoms with Crippen LogP contribution in [0, 0.1) is 0 Å². The number of nitrogens with two attached hydrogens (primary N) is 1. The zero-order valence-corrected chi connectivity index (χ0v) is 12.2. The van der Waals surface area contributed by atoms with Crippen molar-refractivity contribution < 1.29 is 13.2 Å². The van der Waals surface area contributed by atoms with Crippen LogP contribution in [-0.2, 0) is 16.3 Å². The Labute approximate surface area is 114 Å². The number of unbranched alkanes of at least 4 members (excludes halogenated alkanes) is 1. The van der Waals surface area contributed by atoms with Gasteiger partial charge in [-0.1, -0.05) is 19.4 Å². The average molecular weight is 283 g/mol. The molecule has 0 bridgehead atoms. The Morgan fingerprint density at radius 1 is 1.42 bits per heavy atom. The lowest BCUT2D eigenvalue weighted by Crippen LogP contribution is -2.32. The molecule has 5 heteroatoms. The van der Waals surface area contributed by atoms with Gasteiger partial charge in [0.25, 0.3) is 0 Å². The predicted octanol–water partition coefficient (Wildman–Crippen LogP) is 1.83. The molecule has 1 aliphatic carbocycles. The lowest BCUT2D eigenvalue weighted by molar-refractivity contribution is 0.414. The summed E-state index contributed by atoms with van der Waals surface area (Å²) in [5.74, 6) is 0.952. The van der Waals surface area contributed by atoms with E-state index in [9.17, 15) is 8.42 Å². The molecular weight excluding hydrogens is 262 g/mol. The van der Waals surface area contributed by atoms with Gasteiger partial charge in [-0.05, 0) is 36.1 Å². The van der Waals surface area contributed by atoms with E-state index in [0.717, 1.165) is 23.3 Å². The lowest BCUT2D eigenvalue weighted by Gasteiger charge is -2.16. The van der Waals surface area contributed by atoms with E-state index >= 15 is 0 Å². The quantitative estimate of drug-likeness (QED) is 0.895. The molecule has 0 spiro atoms. The Balaban J connectivity index is 2.25. The largest absolute Gasteiger partial charge is 0.497 e. The Hall–Kier alpha value is -1.07. The van der Waals surface area contributed by atoms with Crippen LogP contribution < -0.4 is 10.5 Å². The maximum atomic E-state index is 12.3. The summed E-state index contributed by atoms with van der Waals surface area (Å²) in [7, 11) is -1.53. The summed E-state index contributed by atoms with van der Waals surface area (Å²) in [6.45, 7) is 1.99. The monoisotopic (exact) mass is 283 g/mol. The second kappa shape index (κ2) is 5.51. The first-order valence-electron chi connectivity index (χ1n) is 6.63. The molecule has 106 valence electrons. The van der Waals surface area contributed by atoms with Gasteiger partial charge in [-0.25, -0.2) is 8.42 Å². The van der Waals surface area contributed by atoms with Gasteiger partial charge in [0.15, 0.2) is 9.84 Å². The molecule has 0 saturated heterocycles. The van der Waals surface area contributed by atoms with Crippen LogP contribution in [0.3, 0.4) is 0 Å². The molecule has 2 N–H and O–H groups in total. The van der Waals surface area contributed by atoms with Crippen molar-refractivity contribution in [3.05, 3.63) is 29.3 Å². The van der Waals surface area contributed by atoms with E-state index in [1.807, 2.05) is 25.1 Å². The Morgan fingerprint density at radius 3 is 2.79 bits per heavy atom. The van der Waals surface area contributed by atoms with Crippen LogP contribution in [0.1, 0.15) is 36.9 Å². The van der Waals surface area contributed by atoms with E-state index in [-0.39, 0.29) is 5.75 Å². The molecule has 2 atom stereocenters. The normalized spacial score (nSPS) is 22.3. The third-order valence-corrected chi connectivity index (χ3v) is 6.02. The topological polar surface area (TPSA) is 69.4 Å². The van der Waals surface area contributed by atoms with Crippen molar-refractivity contribution in [3.8, 4) is 5.75 Å². The number of hydrogen-bond donors (Lipinski definition) is 1. The van der Waals surface area contributed by atoms with Crippen molar-refractivity contribution in [2.45, 2.75) is 37.5 Å². The van der Waals surface area contributed by atoms with E-state index in [1.54, 1.807) is 7.11 Å². The van der Waals surface area contributed by atoms with Crippen molar-refractivity contribution in [2.24, 2.45) is 5.73 Å². The Morgan fingerprint density at radius 2 is 2.16 bits per heavy atom. The molecule has 2 unspecified atom stereocenters. The molecule has 0 aromatic heterocycles. The first kappa shape index (κ1) is 14.3. The van der Waals surface area contributed by atoms with Crippen molar-refractivity contribution >= 4 is 9.84 Å². The molecule has 0 aliphatic heterocycles. The predicted molar refractivity (Wildman–Crippen MR) is 76.1 cm³/mol. The fourth-order valence-electron chi connectivity index (χ4n) is 2.59. The molecule has 0 saturated carbocycles. The van der Waals surface area contributed by atoms with Gasteiger partial charge < -0.3 is 10.5 Å². The van der Waals surface area contributed by atoms with Crippen molar-refractivity contribution in [1.82, 2.24) is 0 Å².